The second-order valence-corrected chi connectivity index (χ2v) is 8.45. The number of rotatable bonds is 2. The van der Waals surface area contributed by atoms with Gasteiger partial charge in [-0.25, -0.2) is 13.2 Å². The fourth-order valence-corrected chi connectivity index (χ4v) is 5.05. The number of fused-ring (bicyclic) bond motifs is 1. The monoisotopic (exact) mass is 394 g/mol. The zero-order valence-electron chi connectivity index (χ0n) is 16.4. The molecule has 2 aliphatic rings. The largest absolute Gasteiger partial charge is 0.207 e. The molecule has 0 heterocycles. The molecule has 2 aliphatic carbocycles. The third kappa shape index (κ3) is 4.42. The van der Waals surface area contributed by atoms with E-state index in [1.807, 2.05) is 6.07 Å². The Morgan fingerprint density at radius 3 is 2.14 bits per heavy atom. The number of halogens is 3. The summed E-state index contributed by atoms with van der Waals surface area (Å²) in [6.07, 6.45) is 9.25. The molecule has 0 nitrogen and oxygen atoms in total. The van der Waals surface area contributed by atoms with Gasteiger partial charge in [0.1, 0.15) is 17.5 Å². The van der Waals surface area contributed by atoms with E-state index >= 15 is 0 Å². The standard InChI is InChI=1S/C26H25F3/c1-2-17-3-4-21-14-22(10-9-20(21)13-17)23-8-7-18(25(28)15-23)5-6-19-11-12-24(27)16-26(19)29/h2,7-8,11-12,15-17,20-22H,1,3-4,9-10,13-14H2. The lowest BCUT2D eigenvalue weighted by Crippen LogP contribution is -2.30. The van der Waals surface area contributed by atoms with Crippen LogP contribution in [-0.4, -0.2) is 0 Å². The lowest BCUT2D eigenvalue weighted by atomic mass is 9.64. The van der Waals surface area contributed by atoms with Crippen molar-refractivity contribution in [1.82, 2.24) is 0 Å². The fourth-order valence-electron chi connectivity index (χ4n) is 5.05. The predicted molar refractivity (Wildman–Crippen MR) is 110 cm³/mol. The van der Waals surface area contributed by atoms with Gasteiger partial charge >= 0.3 is 0 Å². The minimum Gasteiger partial charge on any atom is -0.207 e. The van der Waals surface area contributed by atoms with E-state index in [2.05, 4.69) is 24.5 Å². The highest BCUT2D eigenvalue weighted by atomic mass is 19.1. The van der Waals surface area contributed by atoms with Crippen molar-refractivity contribution < 1.29 is 13.2 Å². The zero-order chi connectivity index (χ0) is 20.4. The van der Waals surface area contributed by atoms with Crippen LogP contribution in [-0.2, 0) is 0 Å². The molecule has 0 N–H and O–H groups in total. The molecular formula is C26H25F3. The van der Waals surface area contributed by atoms with Gasteiger partial charge in [0.05, 0.1) is 11.1 Å². The smallest absolute Gasteiger partial charge is 0.141 e. The third-order valence-corrected chi connectivity index (χ3v) is 6.71. The molecule has 150 valence electrons. The van der Waals surface area contributed by atoms with Crippen molar-refractivity contribution in [3.8, 4) is 11.8 Å². The van der Waals surface area contributed by atoms with Crippen LogP contribution in [0.1, 0.15) is 61.1 Å². The maximum atomic E-state index is 14.6. The number of hydrogen-bond donors (Lipinski definition) is 0. The van der Waals surface area contributed by atoms with E-state index < -0.39 is 11.6 Å². The highest BCUT2D eigenvalue weighted by Gasteiger charge is 2.35. The molecule has 0 spiro atoms. The Labute approximate surface area is 170 Å². The van der Waals surface area contributed by atoms with Crippen molar-refractivity contribution in [1.29, 1.82) is 0 Å². The van der Waals surface area contributed by atoms with E-state index in [1.165, 1.54) is 31.7 Å². The molecule has 29 heavy (non-hydrogen) atoms. The summed E-state index contributed by atoms with van der Waals surface area (Å²) < 4.78 is 41.3. The molecule has 0 aliphatic heterocycles. The summed E-state index contributed by atoms with van der Waals surface area (Å²) in [5, 5.41) is 0. The van der Waals surface area contributed by atoms with E-state index in [0.717, 1.165) is 42.4 Å². The molecule has 4 atom stereocenters. The first kappa shape index (κ1) is 19.8. The third-order valence-electron chi connectivity index (χ3n) is 6.71. The molecule has 4 unspecified atom stereocenters. The molecule has 2 aromatic rings. The van der Waals surface area contributed by atoms with Crippen LogP contribution in [0.5, 0.6) is 0 Å². The molecule has 0 bridgehead atoms. The van der Waals surface area contributed by atoms with E-state index in [0.29, 0.717) is 11.8 Å². The van der Waals surface area contributed by atoms with Crippen molar-refractivity contribution in [3.63, 3.8) is 0 Å². The van der Waals surface area contributed by atoms with Crippen molar-refractivity contribution in [2.75, 3.05) is 0 Å². The Hall–Kier alpha value is -2.47. The average molecular weight is 394 g/mol. The van der Waals surface area contributed by atoms with Crippen molar-refractivity contribution >= 4 is 0 Å². The lowest BCUT2D eigenvalue weighted by molar-refractivity contribution is 0.133. The van der Waals surface area contributed by atoms with Crippen LogP contribution >= 0.6 is 0 Å². The van der Waals surface area contributed by atoms with Crippen LogP contribution in [0, 0.1) is 47.0 Å². The minimum atomic E-state index is -0.738. The fraction of sp³-hybridized carbons (Fsp3) is 0.385. The van der Waals surface area contributed by atoms with E-state index in [9.17, 15) is 13.2 Å². The molecule has 2 saturated carbocycles. The maximum Gasteiger partial charge on any atom is 0.141 e. The Bertz CT molecular complexity index is 966. The highest BCUT2D eigenvalue weighted by molar-refractivity contribution is 5.45. The Kier molecular flexibility index (Phi) is 5.81. The summed E-state index contributed by atoms with van der Waals surface area (Å²) in [5.41, 5.74) is 1.33. The van der Waals surface area contributed by atoms with Gasteiger partial charge in [0.2, 0.25) is 0 Å². The van der Waals surface area contributed by atoms with Gasteiger partial charge < -0.3 is 0 Å². The Morgan fingerprint density at radius 2 is 1.45 bits per heavy atom. The molecule has 4 rings (SSSR count). The van der Waals surface area contributed by atoms with Crippen LogP contribution in [0.25, 0.3) is 0 Å². The van der Waals surface area contributed by atoms with E-state index in [4.69, 9.17) is 0 Å². The highest BCUT2D eigenvalue weighted by Crippen LogP contribution is 2.47. The van der Waals surface area contributed by atoms with E-state index in [-0.39, 0.29) is 16.9 Å². The second-order valence-electron chi connectivity index (χ2n) is 8.45. The minimum absolute atomic E-state index is 0.0586. The van der Waals surface area contributed by atoms with Crippen LogP contribution in [0.2, 0.25) is 0 Å². The summed E-state index contributed by atoms with van der Waals surface area (Å²) in [6, 6.07) is 8.41. The molecular weight excluding hydrogens is 369 g/mol. The number of hydrogen-bond acceptors (Lipinski definition) is 0. The van der Waals surface area contributed by atoms with Crippen LogP contribution in [0.15, 0.2) is 49.1 Å². The van der Waals surface area contributed by atoms with Crippen LogP contribution in [0.3, 0.4) is 0 Å². The predicted octanol–water partition coefficient (Wildman–Crippen LogP) is 6.99. The van der Waals surface area contributed by atoms with Crippen LogP contribution < -0.4 is 0 Å². The quantitative estimate of drug-likeness (QED) is 0.380. The normalized spacial score (nSPS) is 26.2. The SMILES string of the molecule is C=CC1CCC2CC(c3ccc(C#Cc4ccc(F)cc4F)c(F)c3)CCC2C1. The Morgan fingerprint density at radius 1 is 0.793 bits per heavy atom. The summed E-state index contributed by atoms with van der Waals surface area (Å²) in [6.45, 7) is 3.96. The molecule has 0 saturated heterocycles. The average Bonchev–Trinajstić information content (AvgIpc) is 2.73. The molecule has 2 fully saturated rings. The first-order chi connectivity index (χ1) is 14.0. The van der Waals surface area contributed by atoms with Crippen molar-refractivity contribution in [2.45, 2.75) is 44.4 Å². The van der Waals surface area contributed by atoms with Crippen molar-refractivity contribution in [3.05, 3.63) is 83.2 Å². The molecule has 0 aromatic heterocycles. The summed E-state index contributed by atoms with van der Waals surface area (Å²) in [5.74, 6) is 6.07. The first-order valence-electron chi connectivity index (χ1n) is 10.4. The Balaban J connectivity index is 1.47. The van der Waals surface area contributed by atoms with Gasteiger partial charge in [0, 0.05) is 6.07 Å². The van der Waals surface area contributed by atoms with Gasteiger partial charge in [-0.1, -0.05) is 24.0 Å². The molecule has 0 radical (unpaired) electrons. The maximum absolute atomic E-state index is 14.6. The van der Waals surface area contributed by atoms with Gasteiger partial charge in [0.25, 0.3) is 0 Å². The number of allylic oxidation sites excluding steroid dienone is 1. The summed E-state index contributed by atoms with van der Waals surface area (Å²) in [7, 11) is 0. The second kappa shape index (κ2) is 8.49. The topological polar surface area (TPSA) is 0 Å². The molecule has 3 heteroatoms. The molecule has 2 aromatic carbocycles. The van der Waals surface area contributed by atoms with Gasteiger partial charge in [-0.15, -0.1) is 6.58 Å². The molecule has 0 amide bonds. The van der Waals surface area contributed by atoms with Gasteiger partial charge in [-0.3, -0.25) is 0 Å². The summed E-state index contributed by atoms with van der Waals surface area (Å²) >= 11 is 0. The van der Waals surface area contributed by atoms with Crippen molar-refractivity contribution in [2.24, 2.45) is 17.8 Å². The zero-order valence-corrected chi connectivity index (χ0v) is 16.4. The van der Waals surface area contributed by atoms with Gasteiger partial charge in [0.15, 0.2) is 0 Å². The number of benzene rings is 2. The van der Waals surface area contributed by atoms with Gasteiger partial charge in [-0.05, 0) is 92.0 Å². The van der Waals surface area contributed by atoms with Gasteiger partial charge in [-0.2, -0.15) is 0 Å². The first-order valence-corrected chi connectivity index (χ1v) is 10.4. The van der Waals surface area contributed by atoms with E-state index in [1.54, 1.807) is 12.1 Å². The summed E-state index contributed by atoms with van der Waals surface area (Å²) in [4.78, 5) is 0. The van der Waals surface area contributed by atoms with Crippen LogP contribution in [0.4, 0.5) is 13.2 Å². The lowest BCUT2D eigenvalue weighted by Gasteiger charge is -2.41.